The molecule has 1 amide bonds. The number of fused-ring (bicyclic) bond motifs is 1. The van der Waals surface area contributed by atoms with Crippen molar-refractivity contribution in [1.29, 1.82) is 0 Å². The Bertz CT molecular complexity index is 1550. The molecule has 1 aliphatic heterocycles. The van der Waals surface area contributed by atoms with Crippen LogP contribution in [-0.4, -0.2) is 82.0 Å². The fourth-order valence-electron chi connectivity index (χ4n) is 5.06. The lowest BCUT2D eigenvalue weighted by Crippen LogP contribution is -2.43. The van der Waals surface area contributed by atoms with Crippen molar-refractivity contribution in [3.8, 4) is 0 Å². The van der Waals surface area contributed by atoms with E-state index < -0.39 is 19.9 Å². The van der Waals surface area contributed by atoms with Crippen molar-refractivity contribution in [3.63, 3.8) is 0 Å². The Morgan fingerprint density at radius 1 is 0.975 bits per heavy atom. The van der Waals surface area contributed by atoms with Crippen LogP contribution in [-0.2, 0) is 19.9 Å². The Kier molecular flexibility index (Phi) is 9.66. The van der Waals surface area contributed by atoms with Crippen LogP contribution in [0.2, 0.25) is 0 Å². The van der Waals surface area contributed by atoms with Crippen LogP contribution < -0.4 is 4.90 Å². The Morgan fingerprint density at radius 3 is 2.27 bits per heavy atom. The maximum atomic E-state index is 13.8. The third-order valence-electron chi connectivity index (χ3n) is 7.54. The molecule has 0 N–H and O–H groups in total. The van der Waals surface area contributed by atoms with Gasteiger partial charge in [-0.15, -0.1) is 0 Å². The summed E-state index contributed by atoms with van der Waals surface area (Å²) in [5, 5.41) is 0.466. The molecule has 1 fully saturated rings. The summed E-state index contributed by atoms with van der Waals surface area (Å²) < 4.78 is 53.2. The number of anilines is 1. The topological polar surface area (TPSA) is 108 Å². The van der Waals surface area contributed by atoms with Crippen LogP contribution in [0.1, 0.15) is 56.8 Å². The molecule has 218 valence electrons. The van der Waals surface area contributed by atoms with E-state index in [0.717, 1.165) is 45.0 Å². The van der Waals surface area contributed by atoms with Crippen molar-refractivity contribution >= 4 is 52.5 Å². The Labute approximate surface area is 241 Å². The minimum Gasteiger partial charge on any atom is -0.302 e. The SMILES string of the molecule is CCC1CCCCN1S(=O)(=O)c1ccc(C(=O)N(CCN(CC)CC)c2nc3ccc(S(C)(=O)=O)cc3s2)cc1. The molecule has 3 aromatic rings. The van der Waals surface area contributed by atoms with E-state index in [1.165, 1.54) is 29.5 Å². The number of piperidine rings is 1. The number of hydrogen-bond acceptors (Lipinski definition) is 8. The predicted octanol–water partition coefficient (Wildman–Crippen LogP) is 4.64. The first-order valence-corrected chi connectivity index (χ1v) is 17.9. The number of sulfonamides is 1. The molecule has 1 unspecified atom stereocenters. The fourth-order valence-corrected chi connectivity index (χ4v) is 8.58. The maximum Gasteiger partial charge on any atom is 0.260 e. The predicted molar refractivity (Wildman–Crippen MR) is 160 cm³/mol. The molecule has 0 spiro atoms. The minimum absolute atomic E-state index is 0.00197. The second kappa shape index (κ2) is 12.6. The number of benzene rings is 2. The number of rotatable bonds is 11. The van der Waals surface area contributed by atoms with Crippen LogP contribution in [0.15, 0.2) is 52.3 Å². The van der Waals surface area contributed by atoms with E-state index in [4.69, 9.17) is 0 Å². The van der Waals surface area contributed by atoms with E-state index in [0.29, 0.717) is 40.5 Å². The standard InChI is InChI=1S/C28H38N4O5S3/c1-5-22-10-8-9-17-32(22)40(36,37)23-13-11-21(12-14-23)27(33)31(19-18-30(6-2)7-3)28-29-25-16-15-24(39(4,34)35)20-26(25)38-28/h11-16,20,22H,5-10,17-19H2,1-4H3. The van der Waals surface area contributed by atoms with Crippen molar-refractivity contribution in [1.82, 2.24) is 14.2 Å². The van der Waals surface area contributed by atoms with Crippen molar-refractivity contribution < 1.29 is 21.6 Å². The molecule has 40 heavy (non-hydrogen) atoms. The van der Waals surface area contributed by atoms with Gasteiger partial charge in [0.15, 0.2) is 15.0 Å². The first-order valence-electron chi connectivity index (χ1n) is 13.8. The number of sulfone groups is 1. The Balaban J connectivity index is 1.65. The van der Waals surface area contributed by atoms with Gasteiger partial charge in [0, 0.05) is 37.5 Å². The first kappa shape index (κ1) is 30.6. The van der Waals surface area contributed by atoms with Crippen molar-refractivity contribution in [2.45, 2.75) is 62.3 Å². The van der Waals surface area contributed by atoms with Gasteiger partial charge < -0.3 is 4.90 Å². The largest absolute Gasteiger partial charge is 0.302 e. The Morgan fingerprint density at radius 2 is 1.65 bits per heavy atom. The fraction of sp³-hybridized carbons (Fsp3) is 0.500. The van der Waals surface area contributed by atoms with Crippen molar-refractivity contribution in [2.24, 2.45) is 0 Å². The van der Waals surface area contributed by atoms with E-state index in [-0.39, 0.29) is 21.7 Å². The molecule has 0 saturated carbocycles. The smallest absolute Gasteiger partial charge is 0.260 e. The highest BCUT2D eigenvalue weighted by Gasteiger charge is 2.32. The normalized spacial score (nSPS) is 17.0. The number of carbonyl (C=O) groups excluding carboxylic acids is 1. The molecular formula is C28H38N4O5S3. The van der Waals surface area contributed by atoms with E-state index in [1.807, 2.05) is 6.92 Å². The molecule has 12 heteroatoms. The summed E-state index contributed by atoms with van der Waals surface area (Å²) in [6.45, 7) is 9.32. The molecule has 2 aromatic carbocycles. The monoisotopic (exact) mass is 606 g/mol. The van der Waals surface area contributed by atoms with Gasteiger partial charge in [0.1, 0.15) is 0 Å². The lowest BCUT2D eigenvalue weighted by Gasteiger charge is -2.34. The van der Waals surface area contributed by atoms with Gasteiger partial charge in [-0.25, -0.2) is 21.8 Å². The summed E-state index contributed by atoms with van der Waals surface area (Å²) in [5.74, 6) is -0.289. The van der Waals surface area contributed by atoms with Crippen LogP contribution in [0.5, 0.6) is 0 Å². The molecule has 0 radical (unpaired) electrons. The number of hydrogen-bond donors (Lipinski definition) is 0. The van der Waals surface area contributed by atoms with Crippen LogP contribution in [0.4, 0.5) is 5.13 Å². The summed E-state index contributed by atoms with van der Waals surface area (Å²) in [6, 6.07) is 10.9. The quantitative estimate of drug-likeness (QED) is 0.313. The first-order chi connectivity index (χ1) is 19.0. The van der Waals surface area contributed by atoms with E-state index in [9.17, 15) is 21.6 Å². The highest BCUT2D eigenvalue weighted by Crippen LogP contribution is 2.32. The van der Waals surface area contributed by atoms with Gasteiger partial charge in [-0.2, -0.15) is 4.31 Å². The lowest BCUT2D eigenvalue weighted by molar-refractivity contribution is 0.0983. The zero-order chi connectivity index (χ0) is 29.1. The average Bonchev–Trinajstić information content (AvgIpc) is 3.38. The van der Waals surface area contributed by atoms with Gasteiger partial charge in [0.2, 0.25) is 10.0 Å². The minimum atomic E-state index is -3.66. The highest BCUT2D eigenvalue weighted by molar-refractivity contribution is 7.90. The van der Waals surface area contributed by atoms with Crippen molar-refractivity contribution in [2.75, 3.05) is 43.9 Å². The molecule has 1 saturated heterocycles. The van der Waals surface area contributed by atoms with Crippen LogP contribution in [0.3, 0.4) is 0 Å². The molecule has 9 nitrogen and oxygen atoms in total. The Hall–Kier alpha value is -2.38. The van der Waals surface area contributed by atoms with Gasteiger partial charge in [-0.05, 0) is 74.8 Å². The van der Waals surface area contributed by atoms with E-state index in [1.54, 1.807) is 33.5 Å². The molecule has 0 aliphatic carbocycles. The van der Waals surface area contributed by atoms with Gasteiger partial charge in [0.25, 0.3) is 5.91 Å². The molecular weight excluding hydrogens is 569 g/mol. The average molecular weight is 607 g/mol. The zero-order valence-electron chi connectivity index (χ0n) is 23.5. The number of nitrogens with zero attached hydrogens (tertiary/aromatic N) is 4. The summed E-state index contributed by atoms with van der Waals surface area (Å²) in [5.41, 5.74) is 0.974. The zero-order valence-corrected chi connectivity index (χ0v) is 26.0. The molecule has 1 aromatic heterocycles. The number of thiazole rings is 1. The van der Waals surface area contributed by atoms with E-state index >= 15 is 0 Å². The summed E-state index contributed by atoms with van der Waals surface area (Å²) in [7, 11) is -7.04. The molecule has 2 heterocycles. The second-order valence-electron chi connectivity index (χ2n) is 10.1. The molecule has 4 rings (SSSR count). The van der Waals surface area contributed by atoms with Gasteiger partial charge in [-0.1, -0.05) is 38.5 Å². The second-order valence-corrected chi connectivity index (χ2v) is 15.0. The van der Waals surface area contributed by atoms with Crippen LogP contribution in [0, 0.1) is 0 Å². The van der Waals surface area contributed by atoms with Gasteiger partial charge in [-0.3, -0.25) is 9.69 Å². The number of aromatic nitrogens is 1. The molecule has 1 aliphatic rings. The molecule has 1 atom stereocenters. The number of amides is 1. The van der Waals surface area contributed by atoms with Gasteiger partial charge >= 0.3 is 0 Å². The van der Waals surface area contributed by atoms with Crippen molar-refractivity contribution in [3.05, 3.63) is 48.0 Å². The van der Waals surface area contributed by atoms with Crippen LogP contribution in [0.25, 0.3) is 10.2 Å². The third-order valence-corrected chi connectivity index (χ3v) is 11.7. The maximum absolute atomic E-state index is 13.8. The molecule has 0 bridgehead atoms. The summed E-state index contributed by atoms with van der Waals surface area (Å²) in [6.07, 6.45) is 4.67. The number of likely N-dealkylation sites (N-methyl/N-ethyl adjacent to an activating group) is 1. The summed E-state index contributed by atoms with van der Waals surface area (Å²) in [4.78, 5) is 22.7. The highest BCUT2D eigenvalue weighted by atomic mass is 32.2. The van der Waals surface area contributed by atoms with Gasteiger partial charge in [0.05, 0.1) is 20.0 Å². The lowest BCUT2D eigenvalue weighted by atomic mass is 10.0. The van der Waals surface area contributed by atoms with Crippen LogP contribution >= 0.6 is 11.3 Å². The third kappa shape index (κ3) is 6.57. The number of carbonyl (C=O) groups is 1. The summed E-state index contributed by atoms with van der Waals surface area (Å²) >= 11 is 1.26. The van der Waals surface area contributed by atoms with E-state index in [2.05, 4.69) is 23.7 Å².